The van der Waals surface area contributed by atoms with Gasteiger partial charge in [0.05, 0.1) is 0 Å². The molecule has 0 spiro atoms. The van der Waals surface area contributed by atoms with Crippen LogP contribution in [-0.4, -0.2) is 45.3 Å². The molecular weight excluding hydrogens is 271 g/mol. The molecule has 0 heterocycles. The molecule has 5 nitrogen and oxygen atoms in total. The van der Waals surface area contributed by atoms with E-state index in [1.54, 1.807) is 0 Å². The van der Waals surface area contributed by atoms with E-state index in [1.165, 1.54) is 0 Å². The van der Waals surface area contributed by atoms with Crippen LogP contribution in [0, 0.1) is 0 Å². The molecule has 106 valence electrons. The van der Waals surface area contributed by atoms with Gasteiger partial charge in [-0.1, -0.05) is 6.58 Å². The van der Waals surface area contributed by atoms with Gasteiger partial charge in [-0.15, -0.1) is 4.40 Å². The van der Waals surface area contributed by atoms with Crippen LogP contribution in [0.5, 0.6) is 0 Å². The Labute approximate surface area is 104 Å². The molecular formula is C9H16F3N3O2S. The summed E-state index contributed by atoms with van der Waals surface area (Å²) < 4.78 is 60.0. The van der Waals surface area contributed by atoms with Crippen molar-refractivity contribution in [2.24, 2.45) is 10.1 Å². The molecule has 0 aliphatic rings. The van der Waals surface area contributed by atoms with Crippen molar-refractivity contribution < 1.29 is 21.6 Å². The monoisotopic (exact) mass is 287 g/mol. The van der Waals surface area contributed by atoms with Crippen LogP contribution in [0.15, 0.2) is 16.5 Å². The number of hydrogen-bond donors (Lipinski definition) is 1. The minimum atomic E-state index is -5.59. The molecule has 0 aliphatic carbocycles. The molecule has 0 atom stereocenters. The van der Waals surface area contributed by atoms with Gasteiger partial charge in [0.15, 0.2) is 0 Å². The number of nitrogens with two attached hydrogens (primary N) is 1. The second kappa shape index (κ2) is 6.19. The number of rotatable bonds is 6. The van der Waals surface area contributed by atoms with E-state index in [-0.39, 0.29) is 12.0 Å². The van der Waals surface area contributed by atoms with Crippen molar-refractivity contribution >= 4 is 15.9 Å². The lowest BCUT2D eigenvalue weighted by atomic mass is 10.1. The van der Waals surface area contributed by atoms with Gasteiger partial charge in [0.1, 0.15) is 5.84 Å². The topological polar surface area (TPSA) is 75.8 Å². The Morgan fingerprint density at radius 2 is 1.89 bits per heavy atom. The molecule has 0 saturated carbocycles. The van der Waals surface area contributed by atoms with Crippen LogP contribution in [0.2, 0.25) is 0 Å². The van der Waals surface area contributed by atoms with Crippen molar-refractivity contribution in [3.8, 4) is 0 Å². The first-order chi connectivity index (χ1) is 7.97. The molecule has 0 aromatic rings. The van der Waals surface area contributed by atoms with Gasteiger partial charge in [0, 0.05) is 0 Å². The van der Waals surface area contributed by atoms with Crippen molar-refractivity contribution in [3.63, 3.8) is 0 Å². The van der Waals surface area contributed by atoms with Crippen molar-refractivity contribution in [2.45, 2.75) is 18.3 Å². The molecule has 0 aliphatic heterocycles. The quantitative estimate of drug-likeness (QED) is 0.586. The third-order valence-corrected chi connectivity index (χ3v) is 2.98. The maximum atomic E-state index is 12.0. The predicted octanol–water partition coefficient (Wildman–Crippen LogP) is 1.09. The van der Waals surface area contributed by atoms with Gasteiger partial charge in [-0.25, -0.2) is 0 Å². The van der Waals surface area contributed by atoms with E-state index >= 15 is 0 Å². The van der Waals surface area contributed by atoms with Crippen molar-refractivity contribution in [2.75, 3.05) is 20.6 Å². The van der Waals surface area contributed by atoms with E-state index in [2.05, 4.69) is 11.0 Å². The Hall–Kier alpha value is -1.09. The summed E-state index contributed by atoms with van der Waals surface area (Å²) in [7, 11) is -1.94. The van der Waals surface area contributed by atoms with Gasteiger partial charge in [0.2, 0.25) is 0 Å². The zero-order valence-electron chi connectivity index (χ0n) is 10.2. The minimum absolute atomic E-state index is 0.0738. The lowest BCUT2D eigenvalue weighted by Crippen LogP contribution is -2.25. The zero-order valence-corrected chi connectivity index (χ0v) is 11.0. The average molecular weight is 287 g/mol. The molecule has 0 fully saturated rings. The molecule has 18 heavy (non-hydrogen) atoms. The molecule has 9 heteroatoms. The molecule has 0 rings (SSSR count). The highest BCUT2D eigenvalue weighted by Gasteiger charge is 2.46. The highest BCUT2D eigenvalue weighted by atomic mass is 32.2. The summed E-state index contributed by atoms with van der Waals surface area (Å²) in [6.45, 7) is 4.09. The molecule has 0 aromatic heterocycles. The van der Waals surface area contributed by atoms with E-state index in [0.717, 1.165) is 0 Å². The Morgan fingerprint density at radius 1 is 1.39 bits per heavy atom. The second-order valence-electron chi connectivity index (χ2n) is 3.91. The highest BCUT2D eigenvalue weighted by molar-refractivity contribution is 7.91. The van der Waals surface area contributed by atoms with Gasteiger partial charge in [0.25, 0.3) is 0 Å². The number of nitrogens with zero attached hydrogens (tertiary/aromatic N) is 2. The summed E-state index contributed by atoms with van der Waals surface area (Å²) in [5, 5.41) is 0. The summed E-state index contributed by atoms with van der Waals surface area (Å²) >= 11 is 0. The summed E-state index contributed by atoms with van der Waals surface area (Å²) in [5.74, 6) is -0.703. The number of hydrogen-bond acceptors (Lipinski definition) is 3. The van der Waals surface area contributed by atoms with Crippen LogP contribution in [0.3, 0.4) is 0 Å². The Bertz CT molecular complexity index is 427. The van der Waals surface area contributed by atoms with Crippen LogP contribution < -0.4 is 5.73 Å². The van der Waals surface area contributed by atoms with E-state index in [0.29, 0.717) is 13.0 Å². The van der Waals surface area contributed by atoms with Crippen molar-refractivity contribution in [3.05, 3.63) is 12.2 Å². The highest BCUT2D eigenvalue weighted by Crippen LogP contribution is 2.25. The van der Waals surface area contributed by atoms with Gasteiger partial charge >= 0.3 is 15.5 Å². The summed E-state index contributed by atoms with van der Waals surface area (Å²) in [6, 6.07) is 0. The van der Waals surface area contributed by atoms with Crippen molar-refractivity contribution in [1.29, 1.82) is 0 Å². The molecule has 0 aromatic carbocycles. The summed E-state index contributed by atoms with van der Waals surface area (Å²) in [5.41, 5.74) is -0.195. The lowest BCUT2D eigenvalue weighted by Gasteiger charge is -2.10. The molecule has 2 N–H and O–H groups in total. The Balaban J connectivity index is 4.66. The SMILES string of the molecule is C=C(CCCN(C)C)C(N)=NS(=O)(=O)C(F)(F)F. The van der Waals surface area contributed by atoms with Crippen LogP contribution in [-0.2, 0) is 10.0 Å². The maximum absolute atomic E-state index is 12.0. The van der Waals surface area contributed by atoms with Crippen LogP contribution in [0.4, 0.5) is 13.2 Å². The first-order valence-corrected chi connectivity index (χ1v) is 6.41. The normalized spacial score (nSPS) is 14.0. The first-order valence-electron chi connectivity index (χ1n) is 4.97. The van der Waals surface area contributed by atoms with Gasteiger partial charge in [-0.3, -0.25) is 0 Å². The molecule has 0 bridgehead atoms. The van der Waals surface area contributed by atoms with Crippen molar-refractivity contribution in [1.82, 2.24) is 4.90 Å². The Kier molecular flexibility index (Phi) is 5.81. The molecule has 0 amide bonds. The lowest BCUT2D eigenvalue weighted by molar-refractivity contribution is -0.0435. The standard InChI is InChI=1S/C9H16F3N3O2S/c1-7(5-4-6-15(2)3)8(13)14-18(16,17)9(10,11)12/h1,4-6H2,2-3H3,(H2,13,14). The maximum Gasteiger partial charge on any atom is 0.518 e. The minimum Gasteiger partial charge on any atom is -0.383 e. The number of alkyl halides is 3. The predicted molar refractivity (Wildman–Crippen MR) is 63.5 cm³/mol. The smallest absolute Gasteiger partial charge is 0.383 e. The second-order valence-corrected chi connectivity index (χ2v) is 5.50. The van der Waals surface area contributed by atoms with Crippen LogP contribution in [0.1, 0.15) is 12.8 Å². The fraction of sp³-hybridized carbons (Fsp3) is 0.667. The molecule has 0 saturated heterocycles. The van der Waals surface area contributed by atoms with E-state index in [1.807, 2.05) is 19.0 Å². The zero-order chi connectivity index (χ0) is 14.6. The first kappa shape index (κ1) is 16.9. The van der Waals surface area contributed by atoms with E-state index in [4.69, 9.17) is 5.73 Å². The fourth-order valence-corrected chi connectivity index (χ4v) is 1.47. The third kappa shape index (κ3) is 5.50. The van der Waals surface area contributed by atoms with Crippen LogP contribution >= 0.6 is 0 Å². The van der Waals surface area contributed by atoms with E-state index < -0.39 is 21.4 Å². The van der Waals surface area contributed by atoms with Gasteiger partial charge < -0.3 is 10.6 Å². The largest absolute Gasteiger partial charge is 0.518 e. The fourth-order valence-electron chi connectivity index (χ4n) is 0.983. The molecule has 0 radical (unpaired) electrons. The van der Waals surface area contributed by atoms with E-state index in [9.17, 15) is 21.6 Å². The van der Waals surface area contributed by atoms with Gasteiger partial charge in [-0.05, 0) is 39.1 Å². The van der Waals surface area contributed by atoms with Crippen LogP contribution in [0.25, 0.3) is 0 Å². The number of sulfonamides is 1. The third-order valence-electron chi connectivity index (χ3n) is 1.96. The summed E-state index contributed by atoms with van der Waals surface area (Å²) in [6.07, 6.45) is 0.870. The van der Waals surface area contributed by atoms with Gasteiger partial charge in [-0.2, -0.15) is 21.6 Å². The number of amidine groups is 1. The Morgan fingerprint density at radius 3 is 2.28 bits per heavy atom. The average Bonchev–Trinajstić information content (AvgIpc) is 2.14. The summed E-state index contributed by atoms with van der Waals surface area (Å²) in [4.78, 5) is 1.87. The molecule has 0 unspecified atom stereocenters. The number of halogens is 3.